The van der Waals surface area contributed by atoms with Crippen molar-refractivity contribution in [1.82, 2.24) is 5.32 Å². The minimum atomic E-state index is -1.16. The minimum absolute atomic E-state index is 0.0297. The van der Waals surface area contributed by atoms with E-state index in [2.05, 4.69) is 27.9 Å². The van der Waals surface area contributed by atoms with E-state index in [-0.39, 0.29) is 28.5 Å². The number of hydrogen-bond donors (Lipinski definition) is 2. The SMILES string of the molecule is CCOc1cc(C=C2C(=O)NC(=S)N(c3cccc(C(=O)O)c3)C2=O)cc(I)c1OCc1ccc(Cl)c(Cl)c1. The van der Waals surface area contributed by atoms with E-state index in [0.29, 0.717) is 37.3 Å². The fourth-order valence-electron chi connectivity index (χ4n) is 3.70. The Morgan fingerprint density at radius 2 is 1.87 bits per heavy atom. The van der Waals surface area contributed by atoms with Crippen LogP contribution in [0.1, 0.15) is 28.4 Å². The molecule has 0 bridgehead atoms. The van der Waals surface area contributed by atoms with Gasteiger partial charge in [-0.05, 0) is 101 Å². The monoisotopic (exact) mass is 696 g/mol. The van der Waals surface area contributed by atoms with Crippen LogP contribution in [0.3, 0.4) is 0 Å². The molecule has 2 N–H and O–H groups in total. The summed E-state index contributed by atoms with van der Waals surface area (Å²) in [6, 6.07) is 14.3. The van der Waals surface area contributed by atoms with E-state index in [9.17, 15) is 19.5 Å². The number of carbonyl (C=O) groups excluding carboxylic acids is 2. The van der Waals surface area contributed by atoms with Crippen molar-refractivity contribution in [2.45, 2.75) is 13.5 Å². The molecule has 2 amide bonds. The average Bonchev–Trinajstić information content (AvgIpc) is 2.88. The number of benzene rings is 3. The molecule has 0 saturated carbocycles. The number of carboxylic acid groups (broad SMARTS) is 1. The third-order valence-corrected chi connectivity index (χ3v) is 7.29. The number of halogens is 3. The lowest BCUT2D eigenvalue weighted by atomic mass is 10.1. The fraction of sp³-hybridized carbons (Fsp3) is 0.111. The second-order valence-corrected chi connectivity index (χ2v) is 10.5. The zero-order chi connectivity index (χ0) is 28.3. The molecule has 0 atom stereocenters. The highest BCUT2D eigenvalue weighted by atomic mass is 127. The highest BCUT2D eigenvalue weighted by Gasteiger charge is 2.35. The van der Waals surface area contributed by atoms with Gasteiger partial charge in [0.1, 0.15) is 12.2 Å². The highest BCUT2D eigenvalue weighted by molar-refractivity contribution is 14.1. The van der Waals surface area contributed by atoms with Crippen LogP contribution in [-0.4, -0.2) is 34.6 Å². The van der Waals surface area contributed by atoms with Gasteiger partial charge in [0, 0.05) is 0 Å². The maximum atomic E-state index is 13.4. The number of nitrogens with zero attached hydrogens (tertiary/aromatic N) is 1. The lowest BCUT2D eigenvalue weighted by molar-refractivity contribution is -0.122. The van der Waals surface area contributed by atoms with E-state index >= 15 is 0 Å². The summed E-state index contributed by atoms with van der Waals surface area (Å²) in [5.41, 5.74) is 1.31. The van der Waals surface area contributed by atoms with Crippen molar-refractivity contribution in [3.8, 4) is 11.5 Å². The normalized spacial score (nSPS) is 14.4. The summed E-state index contributed by atoms with van der Waals surface area (Å²) in [5, 5.41) is 12.5. The first-order valence-electron chi connectivity index (χ1n) is 11.4. The minimum Gasteiger partial charge on any atom is -0.490 e. The summed E-state index contributed by atoms with van der Waals surface area (Å²) >= 11 is 19.4. The summed E-state index contributed by atoms with van der Waals surface area (Å²) in [7, 11) is 0. The molecule has 200 valence electrons. The number of ether oxygens (including phenoxy) is 2. The predicted octanol–water partition coefficient (Wildman–Crippen LogP) is 6.11. The van der Waals surface area contributed by atoms with Crippen molar-refractivity contribution in [2.75, 3.05) is 11.5 Å². The Kier molecular flexibility index (Phi) is 9.11. The van der Waals surface area contributed by atoms with Crippen LogP contribution < -0.4 is 19.7 Å². The summed E-state index contributed by atoms with van der Waals surface area (Å²) in [6.07, 6.45) is 1.42. The molecule has 0 radical (unpaired) electrons. The van der Waals surface area contributed by atoms with Gasteiger partial charge < -0.3 is 14.6 Å². The van der Waals surface area contributed by atoms with Crippen LogP contribution in [0.15, 0.2) is 60.2 Å². The maximum Gasteiger partial charge on any atom is 0.335 e. The molecule has 8 nitrogen and oxygen atoms in total. The molecule has 1 fully saturated rings. The molecule has 1 saturated heterocycles. The van der Waals surface area contributed by atoms with Crippen molar-refractivity contribution in [1.29, 1.82) is 0 Å². The van der Waals surface area contributed by atoms with Crippen molar-refractivity contribution in [3.63, 3.8) is 0 Å². The number of aromatic carboxylic acids is 1. The molecule has 0 spiro atoms. The molecule has 4 rings (SSSR count). The number of anilines is 1. The van der Waals surface area contributed by atoms with Crippen LogP contribution in [0.5, 0.6) is 11.5 Å². The van der Waals surface area contributed by atoms with Crippen LogP contribution in [0.25, 0.3) is 6.08 Å². The second kappa shape index (κ2) is 12.3. The number of carbonyl (C=O) groups is 3. The van der Waals surface area contributed by atoms with E-state index in [0.717, 1.165) is 10.5 Å². The molecule has 1 aliphatic heterocycles. The van der Waals surface area contributed by atoms with Gasteiger partial charge in [0.25, 0.3) is 11.8 Å². The first-order valence-corrected chi connectivity index (χ1v) is 13.6. The van der Waals surface area contributed by atoms with E-state index in [1.165, 1.54) is 30.3 Å². The zero-order valence-corrected chi connectivity index (χ0v) is 24.7. The predicted molar refractivity (Wildman–Crippen MR) is 161 cm³/mol. The Morgan fingerprint density at radius 3 is 2.56 bits per heavy atom. The second-order valence-electron chi connectivity index (χ2n) is 8.11. The van der Waals surface area contributed by atoms with Crippen LogP contribution in [0, 0.1) is 3.57 Å². The first-order chi connectivity index (χ1) is 18.6. The molecular formula is C27H19Cl2IN2O6S. The highest BCUT2D eigenvalue weighted by Crippen LogP contribution is 2.36. The first kappa shape index (κ1) is 28.8. The smallest absolute Gasteiger partial charge is 0.335 e. The van der Waals surface area contributed by atoms with E-state index in [1.54, 1.807) is 30.3 Å². The molecule has 3 aromatic carbocycles. The summed E-state index contributed by atoms with van der Waals surface area (Å²) in [5.74, 6) is -1.63. The fourth-order valence-corrected chi connectivity index (χ4v) is 5.08. The molecule has 0 aromatic heterocycles. The zero-order valence-electron chi connectivity index (χ0n) is 20.2. The lowest BCUT2D eigenvalue weighted by Crippen LogP contribution is -2.54. The summed E-state index contributed by atoms with van der Waals surface area (Å²) in [4.78, 5) is 38.6. The Labute approximate surface area is 252 Å². The van der Waals surface area contributed by atoms with Crippen LogP contribution in [0.2, 0.25) is 10.0 Å². The summed E-state index contributed by atoms with van der Waals surface area (Å²) < 4.78 is 12.5. The molecule has 3 aromatic rings. The number of nitrogens with one attached hydrogen (secondary N) is 1. The van der Waals surface area contributed by atoms with Gasteiger partial charge in [-0.25, -0.2) is 4.79 Å². The van der Waals surface area contributed by atoms with Gasteiger partial charge in [-0.2, -0.15) is 0 Å². The van der Waals surface area contributed by atoms with Gasteiger partial charge in [0.15, 0.2) is 16.6 Å². The van der Waals surface area contributed by atoms with Gasteiger partial charge in [-0.15, -0.1) is 0 Å². The quantitative estimate of drug-likeness (QED) is 0.127. The van der Waals surface area contributed by atoms with Crippen molar-refractivity contribution in [3.05, 3.63) is 90.5 Å². The Hall–Kier alpha value is -3.19. The Bertz CT molecular complexity index is 1540. The number of amides is 2. The number of rotatable bonds is 8. The van der Waals surface area contributed by atoms with Gasteiger partial charge in [-0.3, -0.25) is 19.8 Å². The molecule has 12 heteroatoms. The van der Waals surface area contributed by atoms with Crippen molar-refractivity contribution < 1.29 is 29.0 Å². The molecular weight excluding hydrogens is 678 g/mol. The molecule has 39 heavy (non-hydrogen) atoms. The largest absolute Gasteiger partial charge is 0.490 e. The van der Waals surface area contributed by atoms with Crippen LogP contribution in [0.4, 0.5) is 5.69 Å². The van der Waals surface area contributed by atoms with E-state index < -0.39 is 17.8 Å². The van der Waals surface area contributed by atoms with Crippen molar-refractivity contribution in [2.24, 2.45) is 0 Å². The number of carboxylic acids is 1. The number of thiocarbonyl (C=S) groups is 1. The third kappa shape index (κ3) is 6.52. The standard InChI is InChI=1S/C27H19Cl2IN2O6S/c1-2-37-22-11-15(10-21(30)23(22)38-13-14-6-7-19(28)20(29)9-14)8-18-24(33)31-27(39)32(25(18)34)17-5-3-4-16(12-17)26(35)36/h3-12H,2,13H2,1H3,(H,35,36)(H,31,33,39). The molecule has 0 aliphatic carbocycles. The lowest BCUT2D eigenvalue weighted by Gasteiger charge is -2.29. The van der Waals surface area contributed by atoms with Crippen LogP contribution in [-0.2, 0) is 16.2 Å². The molecule has 1 heterocycles. The van der Waals surface area contributed by atoms with Crippen LogP contribution >= 0.6 is 58.0 Å². The van der Waals surface area contributed by atoms with E-state index in [1.807, 2.05) is 6.92 Å². The third-order valence-electron chi connectivity index (χ3n) is 5.46. The Morgan fingerprint density at radius 1 is 1.10 bits per heavy atom. The topological polar surface area (TPSA) is 105 Å². The number of hydrogen-bond acceptors (Lipinski definition) is 6. The summed E-state index contributed by atoms with van der Waals surface area (Å²) in [6.45, 7) is 2.37. The van der Waals surface area contributed by atoms with Crippen molar-refractivity contribution >= 4 is 92.7 Å². The Balaban J connectivity index is 1.66. The average molecular weight is 697 g/mol. The van der Waals surface area contributed by atoms with Gasteiger partial charge in [0.05, 0.1) is 31.5 Å². The van der Waals surface area contributed by atoms with Gasteiger partial charge in [-0.1, -0.05) is 35.3 Å². The van der Waals surface area contributed by atoms with Gasteiger partial charge >= 0.3 is 5.97 Å². The van der Waals surface area contributed by atoms with Gasteiger partial charge in [0.2, 0.25) is 0 Å². The maximum absolute atomic E-state index is 13.4. The molecule has 1 aliphatic rings. The molecule has 0 unspecified atom stereocenters. The van der Waals surface area contributed by atoms with E-state index in [4.69, 9.17) is 44.9 Å².